The molecule has 0 spiro atoms. The third kappa shape index (κ3) is 2.10. The number of nitrogens with one attached hydrogen (secondary N) is 1. The van der Waals surface area contributed by atoms with Crippen LogP contribution in [0.4, 0.5) is 0 Å². The summed E-state index contributed by atoms with van der Waals surface area (Å²) in [5, 5.41) is 2.43. The number of carbonyl (C=O) groups is 1. The Morgan fingerprint density at radius 2 is 2.15 bits per heavy atom. The molecule has 0 aliphatic carbocycles. The van der Waals surface area contributed by atoms with Crippen molar-refractivity contribution in [3.63, 3.8) is 0 Å². The van der Waals surface area contributed by atoms with Gasteiger partial charge in [0.2, 0.25) is 5.91 Å². The van der Waals surface area contributed by atoms with Crippen LogP contribution in [-0.2, 0) is 4.79 Å². The Hall–Kier alpha value is -1.47. The zero-order valence-corrected chi connectivity index (χ0v) is 12.7. The van der Waals surface area contributed by atoms with Gasteiger partial charge in [0.15, 0.2) is 4.77 Å². The molecule has 20 heavy (non-hydrogen) atoms. The number of aromatic nitrogens is 2. The molecule has 1 aliphatic rings. The molecule has 1 amide bonds. The van der Waals surface area contributed by atoms with Gasteiger partial charge in [-0.25, -0.2) is 0 Å². The second kappa shape index (κ2) is 5.14. The molecule has 5 nitrogen and oxygen atoms in total. The van der Waals surface area contributed by atoms with Gasteiger partial charge in [0.25, 0.3) is 5.56 Å². The standard InChI is InChI=1S/C13H15N3O2S2/c1-8(11(17)15-5-2-3-6-15)16-12(18)9-4-7-20-10(9)14-13(16)19/h4,7-8H,2-3,5-6H2,1H3,(H,14,19). The predicted molar refractivity (Wildman–Crippen MR) is 81.8 cm³/mol. The van der Waals surface area contributed by atoms with E-state index >= 15 is 0 Å². The van der Waals surface area contributed by atoms with E-state index in [1.807, 2.05) is 10.3 Å². The number of nitrogens with zero attached hydrogens (tertiary/aromatic N) is 2. The lowest BCUT2D eigenvalue weighted by molar-refractivity contribution is -0.133. The Kier molecular flexibility index (Phi) is 3.47. The number of H-pyrrole nitrogens is 1. The maximum atomic E-state index is 12.5. The van der Waals surface area contributed by atoms with E-state index in [1.54, 1.807) is 13.0 Å². The SMILES string of the molecule is CC(C(=O)N1CCCC1)n1c(=S)[nH]c2sccc2c1=O. The van der Waals surface area contributed by atoms with E-state index in [0.29, 0.717) is 10.2 Å². The number of hydrogen-bond donors (Lipinski definition) is 1. The fourth-order valence-corrected chi connectivity index (χ4v) is 3.80. The molecule has 0 aromatic carbocycles. The van der Waals surface area contributed by atoms with Crippen LogP contribution in [-0.4, -0.2) is 33.4 Å². The Morgan fingerprint density at radius 1 is 1.45 bits per heavy atom. The predicted octanol–water partition coefficient (Wildman–Crippen LogP) is 2.30. The van der Waals surface area contributed by atoms with Gasteiger partial charge in [-0.3, -0.25) is 14.2 Å². The van der Waals surface area contributed by atoms with Crippen LogP contribution >= 0.6 is 23.6 Å². The maximum absolute atomic E-state index is 12.5. The average Bonchev–Trinajstić information content (AvgIpc) is 3.08. The van der Waals surface area contributed by atoms with Crippen LogP contribution in [0.2, 0.25) is 0 Å². The summed E-state index contributed by atoms with van der Waals surface area (Å²) in [4.78, 5) is 30.5. The molecule has 0 radical (unpaired) electrons. The second-order valence-electron chi connectivity index (χ2n) is 4.98. The summed E-state index contributed by atoms with van der Waals surface area (Å²) in [6, 6.07) is 1.20. The Bertz CT molecular complexity index is 768. The van der Waals surface area contributed by atoms with Crippen molar-refractivity contribution in [2.24, 2.45) is 0 Å². The monoisotopic (exact) mass is 309 g/mol. The normalized spacial score (nSPS) is 16.8. The highest BCUT2D eigenvalue weighted by molar-refractivity contribution is 7.71. The first-order valence-corrected chi connectivity index (χ1v) is 7.89. The van der Waals surface area contributed by atoms with Crippen molar-refractivity contribution in [1.29, 1.82) is 0 Å². The number of amides is 1. The molecule has 1 saturated heterocycles. The number of hydrogen-bond acceptors (Lipinski definition) is 4. The van der Waals surface area contributed by atoms with E-state index in [0.717, 1.165) is 30.8 Å². The highest BCUT2D eigenvalue weighted by atomic mass is 32.1. The van der Waals surface area contributed by atoms with Gasteiger partial charge in [0, 0.05) is 13.1 Å². The van der Waals surface area contributed by atoms with Crippen LogP contribution in [0.3, 0.4) is 0 Å². The summed E-state index contributed by atoms with van der Waals surface area (Å²) in [7, 11) is 0. The van der Waals surface area contributed by atoms with Crippen molar-refractivity contribution in [1.82, 2.24) is 14.5 Å². The van der Waals surface area contributed by atoms with Crippen molar-refractivity contribution in [2.75, 3.05) is 13.1 Å². The van der Waals surface area contributed by atoms with Crippen molar-refractivity contribution in [3.05, 3.63) is 26.6 Å². The molecule has 1 aliphatic heterocycles. The first-order chi connectivity index (χ1) is 9.59. The van der Waals surface area contributed by atoms with Crippen LogP contribution in [0.25, 0.3) is 10.2 Å². The number of aromatic amines is 1. The maximum Gasteiger partial charge on any atom is 0.263 e. The van der Waals surface area contributed by atoms with E-state index in [2.05, 4.69) is 4.98 Å². The van der Waals surface area contributed by atoms with E-state index in [1.165, 1.54) is 15.9 Å². The topological polar surface area (TPSA) is 58.1 Å². The minimum absolute atomic E-state index is 0.0290. The number of thiophene rings is 1. The highest BCUT2D eigenvalue weighted by Crippen LogP contribution is 2.18. The van der Waals surface area contributed by atoms with Gasteiger partial charge in [-0.2, -0.15) is 0 Å². The van der Waals surface area contributed by atoms with E-state index in [-0.39, 0.29) is 11.5 Å². The van der Waals surface area contributed by atoms with Gasteiger partial charge in [-0.05, 0) is 43.4 Å². The number of carbonyl (C=O) groups excluding carboxylic acids is 1. The fraction of sp³-hybridized carbons (Fsp3) is 0.462. The smallest absolute Gasteiger partial charge is 0.263 e. The molecule has 3 heterocycles. The largest absolute Gasteiger partial charge is 0.341 e. The molecular formula is C13H15N3O2S2. The van der Waals surface area contributed by atoms with Gasteiger partial charge in [0.1, 0.15) is 10.9 Å². The van der Waals surface area contributed by atoms with Crippen LogP contribution in [0.1, 0.15) is 25.8 Å². The zero-order valence-electron chi connectivity index (χ0n) is 11.1. The summed E-state index contributed by atoms with van der Waals surface area (Å²) >= 11 is 6.69. The minimum Gasteiger partial charge on any atom is -0.341 e. The van der Waals surface area contributed by atoms with Crippen LogP contribution in [0, 0.1) is 4.77 Å². The molecule has 0 saturated carbocycles. The summed E-state index contributed by atoms with van der Waals surface area (Å²) in [5.74, 6) is -0.0290. The van der Waals surface area contributed by atoms with Gasteiger partial charge in [-0.15, -0.1) is 11.3 Å². The first kappa shape index (κ1) is 13.5. The first-order valence-electron chi connectivity index (χ1n) is 6.60. The fourth-order valence-electron chi connectivity index (χ4n) is 2.62. The number of rotatable bonds is 2. The second-order valence-corrected chi connectivity index (χ2v) is 6.28. The molecule has 1 N–H and O–H groups in total. The number of likely N-dealkylation sites (tertiary alicyclic amines) is 1. The van der Waals surface area contributed by atoms with Crippen LogP contribution < -0.4 is 5.56 Å². The van der Waals surface area contributed by atoms with Crippen molar-refractivity contribution in [2.45, 2.75) is 25.8 Å². The molecule has 3 rings (SSSR count). The van der Waals surface area contributed by atoms with E-state index in [9.17, 15) is 9.59 Å². The Balaban J connectivity index is 2.06. The summed E-state index contributed by atoms with van der Waals surface area (Å²) in [6.45, 7) is 3.29. The van der Waals surface area contributed by atoms with E-state index in [4.69, 9.17) is 12.2 Å². The molecule has 0 bridgehead atoms. The Morgan fingerprint density at radius 3 is 2.85 bits per heavy atom. The lowest BCUT2D eigenvalue weighted by Gasteiger charge is -2.21. The summed E-state index contributed by atoms with van der Waals surface area (Å²) < 4.78 is 1.70. The van der Waals surface area contributed by atoms with Gasteiger partial charge < -0.3 is 9.88 Å². The summed E-state index contributed by atoms with van der Waals surface area (Å²) in [6.07, 6.45) is 2.06. The van der Waals surface area contributed by atoms with Crippen molar-refractivity contribution in [3.8, 4) is 0 Å². The molecule has 1 atom stereocenters. The molecule has 1 unspecified atom stereocenters. The lowest BCUT2D eigenvalue weighted by atomic mass is 10.2. The average molecular weight is 309 g/mol. The quantitative estimate of drug-likeness (QED) is 0.866. The minimum atomic E-state index is -0.561. The third-order valence-electron chi connectivity index (χ3n) is 3.72. The van der Waals surface area contributed by atoms with Crippen molar-refractivity contribution < 1.29 is 4.79 Å². The summed E-state index contributed by atoms with van der Waals surface area (Å²) in [5.41, 5.74) is -0.190. The van der Waals surface area contributed by atoms with Crippen LogP contribution in [0.5, 0.6) is 0 Å². The Labute approximate surface area is 124 Å². The molecule has 7 heteroatoms. The highest BCUT2D eigenvalue weighted by Gasteiger charge is 2.26. The van der Waals surface area contributed by atoms with Crippen molar-refractivity contribution >= 4 is 39.7 Å². The molecular weight excluding hydrogens is 294 g/mol. The van der Waals surface area contributed by atoms with Gasteiger partial charge >= 0.3 is 0 Å². The molecule has 1 fully saturated rings. The van der Waals surface area contributed by atoms with Gasteiger partial charge in [-0.1, -0.05) is 0 Å². The molecule has 2 aromatic rings. The lowest BCUT2D eigenvalue weighted by Crippen LogP contribution is -2.38. The number of fused-ring (bicyclic) bond motifs is 1. The van der Waals surface area contributed by atoms with Crippen LogP contribution in [0.15, 0.2) is 16.2 Å². The molecule has 2 aromatic heterocycles. The third-order valence-corrected chi connectivity index (χ3v) is 4.84. The zero-order chi connectivity index (χ0) is 14.3. The molecule has 106 valence electrons. The van der Waals surface area contributed by atoms with Gasteiger partial charge in [0.05, 0.1) is 5.39 Å². The van der Waals surface area contributed by atoms with E-state index < -0.39 is 6.04 Å².